The van der Waals surface area contributed by atoms with Gasteiger partial charge >= 0.3 is 12.2 Å². The van der Waals surface area contributed by atoms with Crippen LogP contribution in [0.4, 0.5) is 28.0 Å². The van der Waals surface area contributed by atoms with Crippen molar-refractivity contribution in [3.05, 3.63) is 41.3 Å². The first-order chi connectivity index (χ1) is 11.3. The third kappa shape index (κ3) is 4.41. The number of carbonyl (C=O) groups is 1. The molecule has 0 radical (unpaired) electrons. The number of halogens is 4. The summed E-state index contributed by atoms with van der Waals surface area (Å²) in [6.45, 7) is -0.0751. The smallest absolute Gasteiger partial charge is 0.375 e. The lowest BCUT2D eigenvalue weighted by Crippen LogP contribution is -2.29. The summed E-state index contributed by atoms with van der Waals surface area (Å²) in [6.07, 6.45) is -4.86. The van der Waals surface area contributed by atoms with Gasteiger partial charge in [-0.2, -0.15) is 18.2 Å². The molecule has 1 aromatic heterocycles. The summed E-state index contributed by atoms with van der Waals surface area (Å²) in [7, 11) is 1.43. The third-order valence-electron chi connectivity index (χ3n) is 2.74. The molecule has 2 rings (SSSR count). The number of ether oxygens (including phenoxy) is 1. The van der Waals surface area contributed by atoms with Crippen LogP contribution in [-0.2, 0) is 24.1 Å². The van der Waals surface area contributed by atoms with Crippen molar-refractivity contribution in [2.45, 2.75) is 19.3 Å². The molecule has 0 aliphatic carbocycles. The standard InChI is InChI=1S/C13H12F4N4O3/c1-23-6-10-20-9(21-24-10)5-18-12(22)19-8-4-2-3-7(11(8)14)13(15,16)17/h2-4H,5-6H2,1H3,(H2,18,19,22). The molecule has 1 heterocycles. The van der Waals surface area contributed by atoms with Gasteiger partial charge in [-0.05, 0) is 12.1 Å². The Bertz CT molecular complexity index is 717. The molecule has 130 valence electrons. The summed E-state index contributed by atoms with van der Waals surface area (Å²) in [6, 6.07) is 1.65. The molecule has 0 saturated carbocycles. The van der Waals surface area contributed by atoms with E-state index in [1.54, 1.807) is 0 Å². The molecule has 7 nitrogen and oxygen atoms in total. The summed E-state index contributed by atoms with van der Waals surface area (Å²) in [5.41, 5.74) is -2.07. The van der Waals surface area contributed by atoms with Crippen molar-refractivity contribution in [2.75, 3.05) is 12.4 Å². The molecular formula is C13H12F4N4O3. The second-order valence-electron chi connectivity index (χ2n) is 4.51. The van der Waals surface area contributed by atoms with Crippen molar-refractivity contribution in [2.24, 2.45) is 0 Å². The number of rotatable bonds is 5. The van der Waals surface area contributed by atoms with Crippen LogP contribution in [0.25, 0.3) is 0 Å². The fraction of sp³-hybridized carbons (Fsp3) is 0.308. The maximum absolute atomic E-state index is 13.8. The van der Waals surface area contributed by atoms with Gasteiger partial charge in [-0.3, -0.25) is 0 Å². The van der Waals surface area contributed by atoms with Crippen molar-refractivity contribution in [1.29, 1.82) is 0 Å². The van der Waals surface area contributed by atoms with Crippen LogP contribution in [0.1, 0.15) is 17.3 Å². The minimum Gasteiger partial charge on any atom is -0.375 e. The van der Waals surface area contributed by atoms with Crippen molar-refractivity contribution >= 4 is 11.7 Å². The number of methoxy groups -OCH3 is 1. The van der Waals surface area contributed by atoms with Crippen molar-refractivity contribution in [1.82, 2.24) is 15.5 Å². The molecule has 0 bridgehead atoms. The highest BCUT2D eigenvalue weighted by Gasteiger charge is 2.35. The van der Waals surface area contributed by atoms with Crippen LogP contribution in [0.3, 0.4) is 0 Å². The number of hydrogen-bond acceptors (Lipinski definition) is 5. The molecule has 24 heavy (non-hydrogen) atoms. The lowest BCUT2D eigenvalue weighted by molar-refractivity contribution is -0.139. The van der Waals surface area contributed by atoms with E-state index in [1.165, 1.54) is 7.11 Å². The highest BCUT2D eigenvalue weighted by atomic mass is 19.4. The lowest BCUT2D eigenvalue weighted by Gasteiger charge is -2.12. The van der Waals surface area contributed by atoms with E-state index in [0.29, 0.717) is 6.07 Å². The maximum Gasteiger partial charge on any atom is 0.419 e. The molecule has 0 spiro atoms. The number of aromatic nitrogens is 2. The van der Waals surface area contributed by atoms with Gasteiger partial charge in [0.1, 0.15) is 6.61 Å². The van der Waals surface area contributed by atoms with Gasteiger partial charge in [0.2, 0.25) is 0 Å². The fourth-order valence-electron chi connectivity index (χ4n) is 1.72. The van der Waals surface area contributed by atoms with Gasteiger partial charge in [0.25, 0.3) is 5.89 Å². The molecule has 2 N–H and O–H groups in total. The molecular weight excluding hydrogens is 336 g/mol. The highest BCUT2D eigenvalue weighted by molar-refractivity contribution is 5.89. The summed E-state index contributed by atoms with van der Waals surface area (Å²) in [5, 5.41) is 7.80. The molecule has 2 amide bonds. The molecule has 0 aliphatic heterocycles. The first-order valence-corrected chi connectivity index (χ1v) is 6.52. The number of benzene rings is 1. The molecule has 11 heteroatoms. The molecule has 0 unspecified atom stereocenters. The Balaban J connectivity index is 1.97. The summed E-state index contributed by atoms with van der Waals surface area (Å²) in [5.74, 6) is -1.25. The van der Waals surface area contributed by atoms with Crippen LogP contribution in [0.2, 0.25) is 0 Å². The first kappa shape index (κ1) is 17.7. The average Bonchev–Trinajstić information content (AvgIpc) is 2.94. The Morgan fingerprint density at radius 3 is 2.79 bits per heavy atom. The van der Waals surface area contributed by atoms with Gasteiger partial charge in [-0.1, -0.05) is 11.2 Å². The predicted octanol–water partition coefficient (Wildman–Crippen LogP) is 2.70. The molecule has 0 aliphatic rings. The van der Waals surface area contributed by atoms with Crippen molar-refractivity contribution in [3.63, 3.8) is 0 Å². The Labute approximate surface area is 133 Å². The van der Waals surface area contributed by atoms with E-state index in [9.17, 15) is 22.4 Å². The van der Waals surface area contributed by atoms with Gasteiger partial charge in [0.15, 0.2) is 11.6 Å². The maximum atomic E-state index is 13.8. The quantitative estimate of drug-likeness (QED) is 0.811. The zero-order valence-corrected chi connectivity index (χ0v) is 12.3. The zero-order chi connectivity index (χ0) is 17.7. The number of urea groups is 1. The number of anilines is 1. The molecule has 0 fully saturated rings. The van der Waals surface area contributed by atoms with Crippen LogP contribution in [0.5, 0.6) is 0 Å². The Hall–Kier alpha value is -2.69. The second kappa shape index (κ2) is 7.25. The fourth-order valence-corrected chi connectivity index (χ4v) is 1.72. The predicted molar refractivity (Wildman–Crippen MR) is 72.3 cm³/mol. The number of carbonyl (C=O) groups excluding carboxylic acids is 1. The van der Waals surface area contributed by atoms with Gasteiger partial charge in [-0.25, -0.2) is 9.18 Å². The largest absolute Gasteiger partial charge is 0.419 e. The number of hydrogen-bond donors (Lipinski definition) is 2. The SMILES string of the molecule is COCc1nc(CNC(=O)Nc2cccc(C(F)(F)F)c2F)no1. The minimum absolute atomic E-state index is 0.0919. The highest BCUT2D eigenvalue weighted by Crippen LogP contribution is 2.33. The summed E-state index contributed by atoms with van der Waals surface area (Å²) in [4.78, 5) is 15.5. The average molecular weight is 348 g/mol. The van der Waals surface area contributed by atoms with Gasteiger partial charge in [0.05, 0.1) is 17.8 Å². The monoisotopic (exact) mass is 348 g/mol. The lowest BCUT2D eigenvalue weighted by atomic mass is 10.2. The molecule has 1 aromatic carbocycles. The molecule has 0 atom stereocenters. The Kier molecular flexibility index (Phi) is 5.34. The van der Waals surface area contributed by atoms with Crippen LogP contribution in [0, 0.1) is 5.82 Å². The van der Waals surface area contributed by atoms with Gasteiger partial charge in [-0.15, -0.1) is 0 Å². The Morgan fingerprint density at radius 1 is 1.38 bits per heavy atom. The minimum atomic E-state index is -4.86. The zero-order valence-electron chi connectivity index (χ0n) is 12.3. The van der Waals surface area contributed by atoms with E-state index in [4.69, 9.17) is 9.26 Å². The van der Waals surface area contributed by atoms with Crippen LogP contribution < -0.4 is 10.6 Å². The Morgan fingerprint density at radius 2 is 2.12 bits per heavy atom. The third-order valence-corrected chi connectivity index (χ3v) is 2.74. The van der Waals surface area contributed by atoms with E-state index in [1.807, 2.05) is 5.32 Å². The number of amides is 2. The number of alkyl halides is 3. The van der Waals surface area contributed by atoms with Crippen molar-refractivity contribution in [3.8, 4) is 0 Å². The summed E-state index contributed by atoms with van der Waals surface area (Å²) < 4.78 is 61.1. The second-order valence-corrected chi connectivity index (χ2v) is 4.51. The summed E-state index contributed by atoms with van der Waals surface area (Å²) >= 11 is 0. The van der Waals surface area contributed by atoms with Gasteiger partial charge < -0.3 is 19.9 Å². The van der Waals surface area contributed by atoms with E-state index in [0.717, 1.165) is 12.1 Å². The first-order valence-electron chi connectivity index (χ1n) is 6.52. The van der Waals surface area contributed by atoms with E-state index in [2.05, 4.69) is 15.5 Å². The molecule has 0 saturated heterocycles. The normalized spacial score (nSPS) is 11.4. The van der Waals surface area contributed by atoms with Crippen LogP contribution in [0.15, 0.2) is 22.7 Å². The van der Waals surface area contributed by atoms with E-state index < -0.39 is 29.3 Å². The van der Waals surface area contributed by atoms with Crippen LogP contribution in [-0.4, -0.2) is 23.3 Å². The van der Waals surface area contributed by atoms with Crippen molar-refractivity contribution < 1.29 is 31.6 Å². The molecule has 2 aromatic rings. The topological polar surface area (TPSA) is 89.3 Å². The van der Waals surface area contributed by atoms with Gasteiger partial charge in [0, 0.05) is 7.11 Å². The number of nitrogens with one attached hydrogen (secondary N) is 2. The van der Waals surface area contributed by atoms with Crippen LogP contribution >= 0.6 is 0 Å². The van der Waals surface area contributed by atoms with E-state index in [-0.39, 0.29) is 24.9 Å². The van der Waals surface area contributed by atoms with E-state index >= 15 is 0 Å². The number of nitrogens with zero attached hydrogens (tertiary/aromatic N) is 2.